The molecule has 5 nitrogen and oxygen atoms in total. The highest BCUT2D eigenvalue weighted by molar-refractivity contribution is 5.30. The summed E-state index contributed by atoms with van der Waals surface area (Å²) >= 11 is 0. The number of aryl methyl sites for hydroxylation is 2. The van der Waals surface area contributed by atoms with Gasteiger partial charge >= 0.3 is 0 Å². The van der Waals surface area contributed by atoms with E-state index in [0.717, 1.165) is 30.0 Å². The molecule has 20 heavy (non-hydrogen) atoms. The lowest BCUT2D eigenvalue weighted by Gasteiger charge is -2.17. The minimum absolute atomic E-state index is 0.0899. The number of aromatic nitrogens is 2. The number of nitrogens with two attached hydrogens (primary N) is 1. The Balaban J connectivity index is 2.04. The summed E-state index contributed by atoms with van der Waals surface area (Å²) in [4.78, 5) is 4.33. The zero-order valence-corrected chi connectivity index (χ0v) is 12.0. The Hall–Kier alpha value is -1.85. The van der Waals surface area contributed by atoms with E-state index in [-0.39, 0.29) is 6.04 Å². The molecule has 1 unspecified atom stereocenters. The van der Waals surface area contributed by atoms with Crippen LogP contribution in [0.2, 0.25) is 0 Å². The maximum atomic E-state index is 5.69. The number of hydrazine groups is 1. The average molecular weight is 274 g/mol. The van der Waals surface area contributed by atoms with Crippen LogP contribution in [0.15, 0.2) is 36.7 Å². The van der Waals surface area contributed by atoms with Crippen LogP contribution in [0.4, 0.5) is 0 Å². The predicted octanol–water partition coefficient (Wildman–Crippen LogP) is 1.96. The van der Waals surface area contributed by atoms with Crippen molar-refractivity contribution in [2.45, 2.75) is 25.8 Å². The van der Waals surface area contributed by atoms with E-state index in [1.165, 1.54) is 0 Å². The third kappa shape index (κ3) is 3.59. The molecule has 1 atom stereocenters. The molecule has 0 spiro atoms. The summed E-state index contributed by atoms with van der Waals surface area (Å²) in [5, 5.41) is 0. The van der Waals surface area contributed by atoms with Crippen molar-refractivity contribution in [3.8, 4) is 5.75 Å². The normalized spacial score (nSPS) is 12.3. The second-order valence-electron chi connectivity index (χ2n) is 4.72. The van der Waals surface area contributed by atoms with Crippen LogP contribution in [0.5, 0.6) is 5.75 Å². The molecule has 2 aromatic rings. The summed E-state index contributed by atoms with van der Waals surface area (Å²) in [7, 11) is 2.00. The number of benzene rings is 1. The zero-order chi connectivity index (χ0) is 14.4. The van der Waals surface area contributed by atoms with E-state index in [9.17, 15) is 0 Å². The Kier molecular flexibility index (Phi) is 5.15. The Morgan fingerprint density at radius 2 is 2.30 bits per heavy atom. The van der Waals surface area contributed by atoms with Crippen molar-refractivity contribution in [2.75, 3.05) is 6.61 Å². The quantitative estimate of drug-likeness (QED) is 0.598. The van der Waals surface area contributed by atoms with E-state index in [4.69, 9.17) is 10.6 Å². The van der Waals surface area contributed by atoms with Crippen LogP contribution in [0, 0.1) is 0 Å². The molecule has 1 heterocycles. The lowest BCUT2D eigenvalue weighted by atomic mass is 10.0. The summed E-state index contributed by atoms with van der Waals surface area (Å²) in [5.41, 5.74) is 4.01. The van der Waals surface area contributed by atoms with Gasteiger partial charge in [-0.1, -0.05) is 12.1 Å². The molecule has 5 heteroatoms. The fraction of sp³-hybridized carbons (Fsp3) is 0.400. The molecular formula is C15H22N4O. The first kappa shape index (κ1) is 14.6. The van der Waals surface area contributed by atoms with Crippen molar-refractivity contribution in [3.05, 3.63) is 48.0 Å². The minimum Gasteiger partial charge on any atom is -0.494 e. The number of hydrogen-bond donors (Lipinski definition) is 2. The molecule has 1 aromatic heterocycles. The van der Waals surface area contributed by atoms with Gasteiger partial charge in [-0.05, 0) is 31.0 Å². The van der Waals surface area contributed by atoms with E-state index in [2.05, 4.69) is 16.5 Å². The first-order valence-electron chi connectivity index (χ1n) is 6.89. The fourth-order valence-electron chi connectivity index (χ4n) is 2.24. The van der Waals surface area contributed by atoms with Crippen LogP contribution >= 0.6 is 0 Å². The van der Waals surface area contributed by atoms with Crippen molar-refractivity contribution in [3.63, 3.8) is 0 Å². The first-order chi connectivity index (χ1) is 9.74. The van der Waals surface area contributed by atoms with Gasteiger partial charge < -0.3 is 9.30 Å². The van der Waals surface area contributed by atoms with Crippen LogP contribution in [0.25, 0.3) is 0 Å². The number of nitrogens with zero attached hydrogens (tertiary/aromatic N) is 2. The maximum Gasteiger partial charge on any atom is 0.119 e. The highest BCUT2D eigenvalue weighted by atomic mass is 16.5. The van der Waals surface area contributed by atoms with E-state index in [1.807, 2.05) is 49.1 Å². The summed E-state index contributed by atoms with van der Waals surface area (Å²) in [5.74, 6) is 7.63. The summed E-state index contributed by atoms with van der Waals surface area (Å²) in [6, 6.07) is 8.13. The van der Waals surface area contributed by atoms with Crippen LogP contribution in [0.1, 0.15) is 30.8 Å². The Morgan fingerprint density at radius 1 is 1.45 bits per heavy atom. The molecule has 0 saturated heterocycles. The maximum absolute atomic E-state index is 5.69. The van der Waals surface area contributed by atoms with Gasteiger partial charge in [-0.2, -0.15) is 0 Å². The molecule has 0 aliphatic heterocycles. The molecule has 0 radical (unpaired) electrons. The summed E-state index contributed by atoms with van der Waals surface area (Å²) < 4.78 is 7.56. The Bertz CT molecular complexity index is 538. The Labute approximate surface area is 119 Å². The number of rotatable bonds is 7. The van der Waals surface area contributed by atoms with Crippen molar-refractivity contribution >= 4 is 0 Å². The standard InChI is InChI=1S/C15H22N4O/c1-3-20-13-6-4-5-12(11-13)14(18-16)7-8-15-17-9-10-19(15)2/h4-6,9-11,14,18H,3,7-8,16H2,1-2H3. The number of hydrogen-bond acceptors (Lipinski definition) is 4. The smallest absolute Gasteiger partial charge is 0.119 e. The van der Waals surface area contributed by atoms with Crippen LogP contribution in [0.3, 0.4) is 0 Å². The highest BCUT2D eigenvalue weighted by Gasteiger charge is 2.12. The molecular weight excluding hydrogens is 252 g/mol. The van der Waals surface area contributed by atoms with Crippen molar-refractivity contribution in [2.24, 2.45) is 12.9 Å². The van der Waals surface area contributed by atoms with Gasteiger partial charge in [0.1, 0.15) is 11.6 Å². The number of ether oxygens (including phenoxy) is 1. The van der Waals surface area contributed by atoms with Gasteiger partial charge in [-0.25, -0.2) is 4.98 Å². The molecule has 2 rings (SSSR count). The highest BCUT2D eigenvalue weighted by Crippen LogP contribution is 2.22. The molecule has 0 bridgehead atoms. The van der Waals surface area contributed by atoms with Gasteiger partial charge in [-0.15, -0.1) is 0 Å². The number of imidazole rings is 1. The largest absolute Gasteiger partial charge is 0.494 e. The Morgan fingerprint density at radius 3 is 2.95 bits per heavy atom. The predicted molar refractivity (Wildman–Crippen MR) is 79.2 cm³/mol. The van der Waals surface area contributed by atoms with Gasteiger partial charge in [0.15, 0.2) is 0 Å². The summed E-state index contributed by atoms with van der Waals surface area (Å²) in [6.45, 7) is 2.64. The zero-order valence-electron chi connectivity index (χ0n) is 12.0. The molecule has 3 N–H and O–H groups in total. The third-order valence-electron chi connectivity index (χ3n) is 3.35. The van der Waals surface area contributed by atoms with E-state index in [1.54, 1.807) is 0 Å². The van der Waals surface area contributed by atoms with Crippen LogP contribution < -0.4 is 16.0 Å². The molecule has 0 saturated carbocycles. The molecule has 0 aliphatic rings. The molecule has 0 aliphatic carbocycles. The van der Waals surface area contributed by atoms with Crippen molar-refractivity contribution in [1.29, 1.82) is 0 Å². The van der Waals surface area contributed by atoms with Crippen LogP contribution in [-0.2, 0) is 13.5 Å². The lowest BCUT2D eigenvalue weighted by molar-refractivity contribution is 0.339. The third-order valence-corrected chi connectivity index (χ3v) is 3.35. The van der Waals surface area contributed by atoms with Crippen molar-refractivity contribution in [1.82, 2.24) is 15.0 Å². The van der Waals surface area contributed by atoms with Gasteiger partial charge in [0.2, 0.25) is 0 Å². The monoisotopic (exact) mass is 274 g/mol. The van der Waals surface area contributed by atoms with Gasteiger partial charge in [0.05, 0.1) is 6.61 Å². The SMILES string of the molecule is CCOc1cccc(C(CCc2nccn2C)NN)c1. The van der Waals surface area contributed by atoms with Crippen LogP contribution in [-0.4, -0.2) is 16.2 Å². The van der Waals surface area contributed by atoms with Crippen molar-refractivity contribution < 1.29 is 4.74 Å². The van der Waals surface area contributed by atoms with Gasteiger partial charge in [0.25, 0.3) is 0 Å². The van der Waals surface area contributed by atoms with E-state index < -0.39 is 0 Å². The van der Waals surface area contributed by atoms with E-state index >= 15 is 0 Å². The fourth-order valence-corrected chi connectivity index (χ4v) is 2.24. The lowest BCUT2D eigenvalue weighted by Crippen LogP contribution is -2.28. The van der Waals surface area contributed by atoms with E-state index in [0.29, 0.717) is 6.61 Å². The second-order valence-corrected chi connectivity index (χ2v) is 4.72. The van der Waals surface area contributed by atoms with Gasteiger partial charge in [-0.3, -0.25) is 11.3 Å². The molecule has 0 fully saturated rings. The topological polar surface area (TPSA) is 65.1 Å². The summed E-state index contributed by atoms with van der Waals surface area (Å²) in [6.07, 6.45) is 5.53. The second kappa shape index (κ2) is 7.07. The average Bonchev–Trinajstić information content (AvgIpc) is 2.86. The minimum atomic E-state index is 0.0899. The molecule has 108 valence electrons. The molecule has 0 amide bonds. The number of nitrogens with one attached hydrogen (secondary N) is 1. The molecule has 1 aromatic carbocycles. The first-order valence-corrected chi connectivity index (χ1v) is 6.89. The van der Waals surface area contributed by atoms with Gasteiger partial charge in [0, 0.05) is 31.9 Å².